The van der Waals surface area contributed by atoms with Crippen molar-refractivity contribution in [1.29, 1.82) is 5.26 Å². The fourth-order valence-corrected chi connectivity index (χ4v) is 2.20. The van der Waals surface area contributed by atoms with Gasteiger partial charge in [-0.3, -0.25) is 0 Å². The van der Waals surface area contributed by atoms with Crippen molar-refractivity contribution in [2.45, 2.75) is 6.42 Å². The third-order valence-electron chi connectivity index (χ3n) is 3.23. The number of nitriles is 1. The van der Waals surface area contributed by atoms with Gasteiger partial charge in [-0.1, -0.05) is 30.3 Å². The number of hydrogen-bond donors (Lipinski definition) is 0. The van der Waals surface area contributed by atoms with E-state index in [1.165, 1.54) is 0 Å². The summed E-state index contributed by atoms with van der Waals surface area (Å²) in [5, 5.41) is 13.8. The average Bonchev–Trinajstić information content (AvgIpc) is 2.95. The van der Waals surface area contributed by atoms with Crippen LogP contribution in [-0.4, -0.2) is 28.3 Å². The summed E-state index contributed by atoms with van der Waals surface area (Å²) in [6.45, 7) is 0.560. The molecule has 0 amide bonds. The van der Waals surface area contributed by atoms with Crippen LogP contribution in [0.5, 0.6) is 0 Å². The van der Waals surface area contributed by atoms with E-state index in [1.807, 2.05) is 42.6 Å². The van der Waals surface area contributed by atoms with Crippen LogP contribution in [0.3, 0.4) is 0 Å². The fraction of sp³-hybridized carbons (Fsp3) is 0.188. The van der Waals surface area contributed by atoms with Gasteiger partial charge in [0, 0.05) is 25.3 Å². The van der Waals surface area contributed by atoms with Gasteiger partial charge in [0.05, 0.1) is 12.2 Å². The van der Waals surface area contributed by atoms with Gasteiger partial charge in [-0.2, -0.15) is 10.4 Å². The molecule has 5 heteroatoms. The highest BCUT2D eigenvalue weighted by atomic mass is 16.5. The van der Waals surface area contributed by atoms with Crippen molar-refractivity contribution in [1.82, 2.24) is 14.6 Å². The molecule has 3 aromatic rings. The Kier molecular flexibility index (Phi) is 3.63. The number of pyridine rings is 1. The Morgan fingerprint density at radius 2 is 2.05 bits per heavy atom. The molecule has 0 radical (unpaired) electrons. The molecule has 0 aliphatic heterocycles. The largest absolute Gasteiger partial charge is 0.384 e. The summed E-state index contributed by atoms with van der Waals surface area (Å²) in [6.07, 6.45) is 2.53. The van der Waals surface area contributed by atoms with Crippen molar-refractivity contribution in [3.8, 4) is 17.2 Å². The lowest BCUT2D eigenvalue weighted by molar-refractivity contribution is 0.200. The minimum atomic E-state index is 0.521. The maximum absolute atomic E-state index is 9.34. The molecule has 0 saturated heterocycles. The van der Waals surface area contributed by atoms with E-state index in [0.717, 1.165) is 11.1 Å². The topological polar surface area (TPSA) is 63.2 Å². The molecule has 2 aromatic heterocycles. The Morgan fingerprint density at radius 1 is 1.24 bits per heavy atom. The first-order valence-electron chi connectivity index (χ1n) is 6.65. The van der Waals surface area contributed by atoms with Crippen molar-refractivity contribution in [2.24, 2.45) is 0 Å². The Bertz CT molecular complexity index is 802. The molecular weight excluding hydrogens is 264 g/mol. The fourth-order valence-electron chi connectivity index (χ4n) is 2.20. The standard InChI is InChI=1S/C16H14N4O/c1-21-8-7-15-18-16-13(10-17)9-14(11-20(16)19-15)12-5-3-2-4-6-12/h2-6,9,11H,7-8H2,1H3. The molecule has 5 nitrogen and oxygen atoms in total. The van der Waals surface area contributed by atoms with Gasteiger partial charge in [0.15, 0.2) is 11.5 Å². The zero-order valence-electron chi connectivity index (χ0n) is 11.7. The monoisotopic (exact) mass is 278 g/mol. The molecule has 0 spiro atoms. The second-order valence-corrected chi connectivity index (χ2v) is 4.66. The zero-order chi connectivity index (χ0) is 14.7. The summed E-state index contributed by atoms with van der Waals surface area (Å²) in [5.74, 6) is 0.679. The van der Waals surface area contributed by atoms with Crippen LogP contribution in [0.1, 0.15) is 11.4 Å². The second kappa shape index (κ2) is 5.73. The number of fused-ring (bicyclic) bond motifs is 1. The first-order valence-corrected chi connectivity index (χ1v) is 6.65. The first-order chi connectivity index (χ1) is 10.3. The molecule has 0 atom stereocenters. The van der Waals surface area contributed by atoms with Gasteiger partial charge in [-0.05, 0) is 11.6 Å². The third-order valence-corrected chi connectivity index (χ3v) is 3.23. The van der Waals surface area contributed by atoms with Gasteiger partial charge in [0.25, 0.3) is 0 Å². The Labute approximate surface area is 122 Å². The van der Waals surface area contributed by atoms with E-state index in [0.29, 0.717) is 30.1 Å². The van der Waals surface area contributed by atoms with Crippen molar-refractivity contribution < 1.29 is 4.74 Å². The summed E-state index contributed by atoms with van der Waals surface area (Å²) in [5.41, 5.74) is 3.10. The summed E-state index contributed by atoms with van der Waals surface area (Å²) in [4.78, 5) is 4.41. The van der Waals surface area contributed by atoms with E-state index in [9.17, 15) is 5.26 Å². The number of aromatic nitrogens is 3. The molecule has 3 rings (SSSR count). The Balaban J connectivity index is 2.11. The van der Waals surface area contributed by atoms with E-state index in [2.05, 4.69) is 16.2 Å². The van der Waals surface area contributed by atoms with Crippen LogP contribution >= 0.6 is 0 Å². The summed E-state index contributed by atoms with van der Waals surface area (Å²) >= 11 is 0. The molecule has 0 unspecified atom stereocenters. The maximum Gasteiger partial charge on any atom is 0.173 e. The Morgan fingerprint density at radius 3 is 2.76 bits per heavy atom. The van der Waals surface area contributed by atoms with Crippen molar-refractivity contribution in [2.75, 3.05) is 13.7 Å². The molecule has 1 aromatic carbocycles. The van der Waals surface area contributed by atoms with Crippen molar-refractivity contribution in [3.63, 3.8) is 0 Å². The van der Waals surface area contributed by atoms with Gasteiger partial charge in [0.1, 0.15) is 6.07 Å². The normalized spacial score (nSPS) is 10.7. The molecular formula is C16H14N4O. The number of nitrogens with zero attached hydrogens (tertiary/aromatic N) is 4. The minimum absolute atomic E-state index is 0.521. The lowest BCUT2D eigenvalue weighted by atomic mass is 10.1. The van der Waals surface area contributed by atoms with E-state index < -0.39 is 0 Å². The molecule has 0 N–H and O–H groups in total. The van der Waals surface area contributed by atoms with Crippen LogP contribution in [0.4, 0.5) is 0 Å². The van der Waals surface area contributed by atoms with Gasteiger partial charge in [-0.25, -0.2) is 9.50 Å². The average molecular weight is 278 g/mol. The van der Waals surface area contributed by atoms with Crippen LogP contribution in [0.25, 0.3) is 16.8 Å². The highest BCUT2D eigenvalue weighted by Gasteiger charge is 2.10. The molecule has 0 saturated carbocycles. The molecule has 0 aliphatic rings. The van der Waals surface area contributed by atoms with Gasteiger partial charge in [0.2, 0.25) is 0 Å². The van der Waals surface area contributed by atoms with Gasteiger partial charge in [-0.15, -0.1) is 0 Å². The highest BCUT2D eigenvalue weighted by molar-refractivity contribution is 5.69. The lowest BCUT2D eigenvalue weighted by Crippen LogP contribution is -1.97. The molecule has 21 heavy (non-hydrogen) atoms. The zero-order valence-corrected chi connectivity index (χ0v) is 11.7. The van der Waals surface area contributed by atoms with Gasteiger partial charge < -0.3 is 4.74 Å². The van der Waals surface area contributed by atoms with Crippen molar-refractivity contribution in [3.05, 3.63) is 54.0 Å². The first kappa shape index (κ1) is 13.3. The summed E-state index contributed by atoms with van der Waals surface area (Å²) in [6, 6.07) is 14.0. The van der Waals surface area contributed by atoms with E-state index in [1.54, 1.807) is 11.6 Å². The van der Waals surface area contributed by atoms with Crippen LogP contribution in [-0.2, 0) is 11.2 Å². The molecule has 104 valence electrons. The minimum Gasteiger partial charge on any atom is -0.384 e. The Hall–Kier alpha value is -2.71. The molecule has 0 fully saturated rings. The van der Waals surface area contributed by atoms with Gasteiger partial charge >= 0.3 is 0 Å². The number of methoxy groups -OCH3 is 1. The van der Waals surface area contributed by atoms with Crippen LogP contribution in [0.2, 0.25) is 0 Å². The van der Waals surface area contributed by atoms with E-state index in [-0.39, 0.29) is 0 Å². The number of hydrogen-bond acceptors (Lipinski definition) is 4. The predicted octanol–water partition coefficient (Wildman–Crippen LogP) is 2.46. The number of rotatable bonds is 4. The van der Waals surface area contributed by atoms with Crippen LogP contribution in [0.15, 0.2) is 42.6 Å². The second-order valence-electron chi connectivity index (χ2n) is 4.66. The summed E-state index contributed by atoms with van der Waals surface area (Å²) in [7, 11) is 1.64. The smallest absolute Gasteiger partial charge is 0.173 e. The van der Waals surface area contributed by atoms with E-state index in [4.69, 9.17) is 4.74 Å². The summed E-state index contributed by atoms with van der Waals surface area (Å²) < 4.78 is 6.71. The predicted molar refractivity (Wildman–Crippen MR) is 78.7 cm³/mol. The van der Waals surface area contributed by atoms with Crippen molar-refractivity contribution >= 4 is 5.65 Å². The molecule has 0 aliphatic carbocycles. The number of ether oxygens (including phenoxy) is 1. The SMILES string of the molecule is COCCc1nc2c(C#N)cc(-c3ccccc3)cn2n1. The van der Waals surface area contributed by atoms with Crippen LogP contribution in [0, 0.1) is 11.3 Å². The number of benzene rings is 1. The quantitative estimate of drug-likeness (QED) is 0.735. The molecule has 0 bridgehead atoms. The highest BCUT2D eigenvalue weighted by Crippen LogP contribution is 2.22. The van der Waals surface area contributed by atoms with Crippen LogP contribution < -0.4 is 0 Å². The lowest BCUT2D eigenvalue weighted by Gasteiger charge is -2.03. The molecule has 2 heterocycles. The third kappa shape index (κ3) is 2.62. The maximum atomic E-state index is 9.34. The van der Waals surface area contributed by atoms with E-state index >= 15 is 0 Å².